The van der Waals surface area contributed by atoms with Gasteiger partial charge in [-0.15, -0.1) is 9.46 Å². The molecule has 0 radical (unpaired) electrons. The van der Waals surface area contributed by atoms with Crippen LogP contribution in [0.1, 0.15) is 77.3 Å². The average Bonchev–Trinajstić information content (AvgIpc) is 3.67. The summed E-state index contributed by atoms with van der Waals surface area (Å²) in [6, 6.07) is 11.4. The molecule has 15 heteroatoms. The smallest absolute Gasteiger partial charge is 0.286 e. The van der Waals surface area contributed by atoms with Crippen LogP contribution in [0.2, 0.25) is 5.02 Å². The number of hydrogen-bond donors (Lipinski definition) is 2. The minimum absolute atomic E-state index is 0.0464. The van der Waals surface area contributed by atoms with E-state index in [2.05, 4.69) is 31.2 Å². The Bertz CT molecular complexity index is 2100. The number of methoxy groups -OCH3 is 2. The van der Waals surface area contributed by atoms with Crippen LogP contribution >= 0.6 is 11.6 Å². The Labute approximate surface area is 327 Å². The highest BCUT2D eigenvalue weighted by molar-refractivity contribution is 7.92. The molecular weight excluding hydrogens is 746 g/mol. The fourth-order valence-corrected chi connectivity index (χ4v) is 11.9. The van der Waals surface area contributed by atoms with Crippen molar-refractivity contribution in [3.8, 4) is 11.6 Å². The molecule has 2 aliphatic carbocycles. The minimum Gasteiger partial charge on any atom is -0.490 e. The van der Waals surface area contributed by atoms with E-state index in [1.807, 2.05) is 13.0 Å². The summed E-state index contributed by atoms with van der Waals surface area (Å²) in [7, 11) is 1.00. The van der Waals surface area contributed by atoms with E-state index in [-0.39, 0.29) is 46.1 Å². The predicted molar refractivity (Wildman–Crippen MR) is 207 cm³/mol. The van der Waals surface area contributed by atoms with Gasteiger partial charge >= 0.3 is 0 Å². The fourth-order valence-electron chi connectivity index (χ4n) is 9.87. The largest absolute Gasteiger partial charge is 0.490 e. The first-order chi connectivity index (χ1) is 26.4. The first kappa shape index (κ1) is 38.2. The molecule has 2 amide bonds. The number of benzene rings is 2. The van der Waals surface area contributed by atoms with Crippen molar-refractivity contribution in [2.75, 3.05) is 44.6 Å². The normalized spacial score (nSPS) is 33.2. The molecule has 2 fully saturated rings. The van der Waals surface area contributed by atoms with E-state index in [0.29, 0.717) is 37.7 Å². The van der Waals surface area contributed by atoms with Crippen LogP contribution < -0.4 is 19.1 Å². The molecule has 3 aliphatic heterocycles. The van der Waals surface area contributed by atoms with Crippen LogP contribution in [-0.2, 0) is 38.3 Å². The van der Waals surface area contributed by atoms with Gasteiger partial charge in [0.15, 0.2) is 6.29 Å². The second kappa shape index (κ2) is 15.0. The van der Waals surface area contributed by atoms with Gasteiger partial charge in [0.1, 0.15) is 21.2 Å². The van der Waals surface area contributed by atoms with Crippen LogP contribution in [-0.4, -0.2) is 89.1 Å². The minimum atomic E-state index is -3.78. The van der Waals surface area contributed by atoms with Gasteiger partial charge in [0.2, 0.25) is 5.88 Å². The third kappa shape index (κ3) is 7.36. The van der Waals surface area contributed by atoms with Gasteiger partial charge in [-0.2, -0.15) is 0 Å². The Hall–Kier alpha value is -3.69. The molecule has 2 N–H and O–H groups in total. The third-order valence-electron chi connectivity index (χ3n) is 12.6. The molecule has 3 aromatic rings. The molecule has 296 valence electrons. The number of aliphatic hydroxyl groups excluding tert-OH is 1. The number of nitrogens with zero attached hydrogens (tertiary/aromatic N) is 4. The second-order valence-electron chi connectivity index (χ2n) is 16.2. The molecule has 1 aromatic heterocycles. The van der Waals surface area contributed by atoms with Gasteiger partial charge in [0, 0.05) is 55.9 Å². The van der Waals surface area contributed by atoms with Gasteiger partial charge < -0.3 is 29.0 Å². The number of rotatable bonds is 4. The summed E-state index contributed by atoms with van der Waals surface area (Å²) in [5.74, 6) is -0.948. The lowest BCUT2D eigenvalue weighted by Crippen LogP contribution is -2.50. The predicted octanol–water partition coefficient (Wildman–Crippen LogP) is 5.31. The Morgan fingerprint density at radius 3 is 2.75 bits per heavy atom. The quantitative estimate of drug-likeness (QED) is 0.355. The number of halogens is 1. The van der Waals surface area contributed by atoms with Crippen molar-refractivity contribution in [3.63, 3.8) is 0 Å². The van der Waals surface area contributed by atoms with Gasteiger partial charge in [-0.3, -0.25) is 19.0 Å². The van der Waals surface area contributed by atoms with Gasteiger partial charge in [0.25, 0.3) is 11.8 Å². The van der Waals surface area contributed by atoms with Gasteiger partial charge in [-0.1, -0.05) is 24.6 Å². The maximum absolute atomic E-state index is 14.9. The van der Waals surface area contributed by atoms with Crippen molar-refractivity contribution in [3.05, 3.63) is 69.9 Å². The lowest BCUT2D eigenvalue weighted by Gasteiger charge is -2.47. The summed E-state index contributed by atoms with van der Waals surface area (Å²) in [6.45, 7) is 3.72. The van der Waals surface area contributed by atoms with Gasteiger partial charge in [0.05, 0.1) is 37.4 Å². The topological polar surface area (TPSA) is 154 Å². The van der Waals surface area contributed by atoms with Crippen LogP contribution in [0.15, 0.2) is 47.0 Å². The van der Waals surface area contributed by atoms with Crippen LogP contribution in [0.5, 0.6) is 11.6 Å². The lowest BCUT2D eigenvalue weighted by atomic mass is 9.67. The number of carbonyl (C=O) groups is 2. The molecular formula is C40H50ClN5O8S. The van der Waals surface area contributed by atoms with Crippen molar-refractivity contribution >= 4 is 39.0 Å². The zero-order valence-corrected chi connectivity index (χ0v) is 33.3. The maximum Gasteiger partial charge on any atom is 0.286 e. The fraction of sp³-hybridized carbons (Fsp3) is 0.575. The Morgan fingerprint density at radius 2 is 1.98 bits per heavy atom. The number of carbonyl (C=O) groups excluding carboxylic acids is 2. The Balaban J connectivity index is 1.22. The number of aromatic nitrogens is 2. The molecule has 1 spiro atoms. The summed E-state index contributed by atoms with van der Waals surface area (Å²) < 4.78 is 47.6. The van der Waals surface area contributed by atoms with Crippen LogP contribution in [0.4, 0.5) is 5.69 Å². The van der Waals surface area contributed by atoms with Crippen molar-refractivity contribution in [1.82, 2.24) is 14.5 Å². The van der Waals surface area contributed by atoms with Crippen LogP contribution in [0.25, 0.3) is 0 Å². The first-order valence-corrected chi connectivity index (χ1v) is 21.3. The average molecular weight is 796 g/mol. The summed E-state index contributed by atoms with van der Waals surface area (Å²) >= 11 is 6.48. The monoisotopic (exact) mass is 795 g/mol. The Kier molecular flexibility index (Phi) is 10.4. The summed E-state index contributed by atoms with van der Waals surface area (Å²) in [5, 5.41) is 15.7. The number of hydrogen-bond acceptors (Lipinski definition) is 10. The molecule has 5 aliphatic rings. The molecule has 13 nitrogen and oxygen atoms in total. The Morgan fingerprint density at radius 1 is 1.15 bits per heavy atom. The van der Waals surface area contributed by atoms with E-state index in [4.69, 9.17) is 30.5 Å². The number of ether oxygens (including phenoxy) is 4. The molecule has 9 atom stereocenters. The van der Waals surface area contributed by atoms with E-state index < -0.39 is 40.0 Å². The highest BCUT2D eigenvalue weighted by atomic mass is 35.5. The van der Waals surface area contributed by atoms with Gasteiger partial charge in [-0.25, -0.2) is 4.21 Å². The number of nitrogens with one attached hydrogen (secondary N) is 1. The molecule has 8 rings (SSSR count). The highest BCUT2D eigenvalue weighted by Crippen LogP contribution is 2.48. The SMILES string of the molecule is COc1nn(C)cc1C(=O)NS1(=O)=NC(=O)c2ccc3c(c2)N(C[C@@H]2CC[C@H]2[C@@H](OC)C[C@H]2CC(O)O[C@@H]2[C@H](C)C1)C[C@@]1(CCCc2cc(Cl)ccc21)CO3. The maximum atomic E-state index is 14.9. The van der Waals surface area contributed by atoms with Crippen LogP contribution in [0.3, 0.4) is 0 Å². The number of fused-ring (bicyclic) bond motifs is 5. The van der Waals surface area contributed by atoms with Crippen molar-refractivity contribution < 1.29 is 37.9 Å². The zero-order valence-electron chi connectivity index (χ0n) is 31.7. The number of anilines is 1. The number of amides is 2. The van der Waals surface area contributed by atoms with Crippen molar-refractivity contribution in [1.29, 1.82) is 0 Å². The number of aliphatic hydroxyl groups is 1. The summed E-state index contributed by atoms with van der Waals surface area (Å²) in [5.41, 5.74) is 3.24. The van der Waals surface area contributed by atoms with Gasteiger partial charge in [-0.05, 0) is 104 Å². The van der Waals surface area contributed by atoms with E-state index >= 15 is 0 Å². The standard InChI is InChI=1S/C40H50ClN5O8S/c1-23-20-55(50,44-38(49)30-19-45(2)42-39(30)52-4)43-37(48)25-8-12-33-32(15-25)46(21-40(22-53-33)13-5-6-24-14-28(41)9-11-31(24)40)18-26-7-10-29(26)34(51-3)16-27-17-35(47)54-36(23)27/h8-9,11-12,14-15,19,23,26-27,29,34-36,47H,5-7,10,13,16-18,20-22H2,1-4H3,(H,43,44,48,49,50)/t23-,26+,27+,29-,34+,35?,36-,40+,55?/m1/s1. The van der Waals surface area contributed by atoms with E-state index in [0.717, 1.165) is 49.4 Å². The molecule has 2 unspecified atom stereocenters. The van der Waals surface area contributed by atoms with Crippen molar-refractivity contribution in [2.24, 2.45) is 35.1 Å². The number of aryl methyl sites for hydroxylation is 2. The summed E-state index contributed by atoms with van der Waals surface area (Å²) in [6.07, 6.45) is 5.83. The first-order valence-electron chi connectivity index (χ1n) is 19.2. The molecule has 1 saturated carbocycles. The molecule has 4 heterocycles. The molecule has 55 heavy (non-hydrogen) atoms. The van der Waals surface area contributed by atoms with Crippen LogP contribution in [0, 0.1) is 23.7 Å². The molecule has 1 saturated heterocycles. The third-order valence-corrected chi connectivity index (χ3v) is 14.8. The van der Waals surface area contributed by atoms with E-state index in [9.17, 15) is 18.9 Å². The second-order valence-corrected chi connectivity index (χ2v) is 18.6. The molecule has 2 bridgehead atoms. The highest BCUT2D eigenvalue weighted by Gasteiger charge is 2.47. The zero-order chi connectivity index (χ0) is 38.6. The van der Waals surface area contributed by atoms with E-state index in [1.54, 1.807) is 32.4 Å². The summed E-state index contributed by atoms with van der Waals surface area (Å²) in [4.78, 5) is 30.3. The van der Waals surface area contributed by atoms with E-state index in [1.165, 1.54) is 29.1 Å². The van der Waals surface area contributed by atoms with Crippen molar-refractivity contribution in [2.45, 2.75) is 75.8 Å². The lowest BCUT2D eigenvalue weighted by molar-refractivity contribution is -0.106. The molecule has 2 aromatic carbocycles.